The van der Waals surface area contributed by atoms with Gasteiger partial charge in [0.2, 0.25) is 0 Å². The van der Waals surface area contributed by atoms with E-state index in [2.05, 4.69) is 15.2 Å². The van der Waals surface area contributed by atoms with Crippen molar-refractivity contribution in [2.24, 2.45) is 5.73 Å². The number of carbonyl (C=O) groups is 2. The molecule has 1 aliphatic rings. The number of ether oxygens (including phenoxy) is 1. The number of anilines is 1. The third kappa shape index (κ3) is 4.50. The quantitative estimate of drug-likeness (QED) is 0.785. The Morgan fingerprint density at radius 3 is 2.62 bits per heavy atom. The molecule has 0 radical (unpaired) electrons. The first-order chi connectivity index (χ1) is 12.6. The minimum absolute atomic E-state index is 0.272. The maximum atomic E-state index is 12.4. The molecule has 26 heavy (non-hydrogen) atoms. The summed E-state index contributed by atoms with van der Waals surface area (Å²) in [6.45, 7) is 2.18. The minimum atomic E-state index is -0.593. The lowest BCUT2D eigenvalue weighted by Gasteiger charge is -2.16. The molecule has 3 N–H and O–H groups in total. The standard InChI is InChI=1S/C19H22N4O3/c20-17(24)13-26-16-6-2-1-5-15(16)19(25)22-12-14-7-8-18(21-11-14)23-9-3-4-10-23/h1-2,5-8,11H,3-4,9-10,12-13H2,(H2,20,24)(H,22,25). The molecule has 0 atom stereocenters. The second-order valence-electron chi connectivity index (χ2n) is 6.15. The number of hydrogen-bond acceptors (Lipinski definition) is 5. The van der Waals surface area contributed by atoms with E-state index in [1.54, 1.807) is 30.5 Å². The zero-order chi connectivity index (χ0) is 18.4. The van der Waals surface area contributed by atoms with Gasteiger partial charge < -0.3 is 20.7 Å². The first-order valence-corrected chi connectivity index (χ1v) is 8.61. The first-order valence-electron chi connectivity index (χ1n) is 8.61. The SMILES string of the molecule is NC(=O)COc1ccccc1C(=O)NCc1ccc(N2CCCC2)nc1. The van der Waals surface area contributed by atoms with Crippen molar-refractivity contribution in [3.8, 4) is 5.75 Å². The molecule has 136 valence electrons. The Morgan fingerprint density at radius 1 is 1.15 bits per heavy atom. The number of primary amides is 1. The van der Waals surface area contributed by atoms with Gasteiger partial charge in [0, 0.05) is 25.8 Å². The van der Waals surface area contributed by atoms with Crippen LogP contribution in [0.3, 0.4) is 0 Å². The number of nitrogens with one attached hydrogen (secondary N) is 1. The van der Waals surface area contributed by atoms with Gasteiger partial charge in [0.15, 0.2) is 6.61 Å². The van der Waals surface area contributed by atoms with Crippen LogP contribution in [-0.2, 0) is 11.3 Å². The number of nitrogens with two attached hydrogens (primary N) is 1. The fourth-order valence-corrected chi connectivity index (χ4v) is 2.86. The van der Waals surface area contributed by atoms with Crippen molar-refractivity contribution in [1.82, 2.24) is 10.3 Å². The maximum absolute atomic E-state index is 12.4. The number of nitrogens with zero attached hydrogens (tertiary/aromatic N) is 2. The van der Waals surface area contributed by atoms with E-state index in [1.807, 2.05) is 12.1 Å². The summed E-state index contributed by atoms with van der Waals surface area (Å²) in [5.74, 6) is 0.423. The molecule has 0 saturated carbocycles. The van der Waals surface area contributed by atoms with E-state index < -0.39 is 5.91 Å². The number of rotatable bonds is 7. The predicted octanol–water partition coefficient (Wildman–Crippen LogP) is 1.48. The zero-order valence-electron chi connectivity index (χ0n) is 14.5. The van der Waals surface area contributed by atoms with Crippen LogP contribution in [0.5, 0.6) is 5.75 Å². The average molecular weight is 354 g/mol. The normalized spacial score (nSPS) is 13.5. The molecular weight excluding hydrogens is 332 g/mol. The molecule has 0 unspecified atom stereocenters. The Morgan fingerprint density at radius 2 is 1.92 bits per heavy atom. The summed E-state index contributed by atoms with van der Waals surface area (Å²) in [6, 6.07) is 10.7. The number of pyridine rings is 1. The molecule has 1 aliphatic heterocycles. The van der Waals surface area contributed by atoms with E-state index in [-0.39, 0.29) is 12.5 Å². The maximum Gasteiger partial charge on any atom is 0.255 e. The minimum Gasteiger partial charge on any atom is -0.483 e. The monoisotopic (exact) mass is 354 g/mol. The fourth-order valence-electron chi connectivity index (χ4n) is 2.86. The highest BCUT2D eigenvalue weighted by Crippen LogP contribution is 2.19. The van der Waals surface area contributed by atoms with Gasteiger partial charge in [0.25, 0.3) is 11.8 Å². The molecule has 1 aromatic carbocycles. The lowest BCUT2D eigenvalue weighted by Crippen LogP contribution is -2.25. The van der Waals surface area contributed by atoms with Crippen LogP contribution in [0.15, 0.2) is 42.6 Å². The van der Waals surface area contributed by atoms with Crippen LogP contribution in [0.1, 0.15) is 28.8 Å². The van der Waals surface area contributed by atoms with Crippen LogP contribution < -0.4 is 20.7 Å². The van der Waals surface area contributed by atoms with E-state index in [1.165, 1.54) is 12.8 Å². The van der Waals surface area contributed by atoms with Gasteiger partial charge in [-0.1, -0.05) is 18.2 Å². The van der Waals surface area contributed by atoms with Crippen LogP contribution in [-0.4, -0.2) is 36.5 Å². The first kappa shape index (κ1) is 17.7. The molecule has 2 amide bonds. The second kappa shape index (κ2) is 8.33. The highest BCUT2D eigenvalue weighted by atomic mass is 16.5. The number of amides is 2. The largest absolute Gasteiger partial charge is 0.483 e. The molecule has 0 bridgehead atoms. The van der Waals surface area contributed by atoms with Gasteiger partial charge in [0.05, 0.1) is 5.56 Å². The Balaban J connectivity index is 1.59. The number of para-hydroxylation sites is 1. The van der Waals surface area contributed by atoms with E-state index in [4.69, 9.17) is 10.5 Å². The molecular formula is C19H22N4O3. The van der Waals surface area contributed by atoms with Crippen LogP contribution in [0.4, 0.5) is 5.82 Å². The molecule has 0 aliphatic carbocycles. The van der Waals surface area contributed by atoms with Gasteiger partial charge in [0.1, 0.15) is 11.6 Å². The van der Waals surface area contributed by atoms with Crippen LogP contribution in [0.2, 0.25) is 0 Å². The highest BCUT2D eigenvalue weighted by Gasteiger charge is 2.14. The van der Waals surface area contributed by atoms with Gasteiger partial charge in [-0.3, -0.25) is 9.59 Å². The van der Waals surface area contributed by atoms with Crippen molar-refractivity contribution < 1.29 is 14.3 Å². The van der Waals surface area contributed by atoms with Crippen molar-refractivity contribution in [3.63, 3.8) is 0 Å². The molecule has 3 rings (SSSR count). The number of hydrogen-bond donors (Lipinski definition) is 2. The Bertz CT molecular complexity index is 771. The molecule has 2 aromatic rings. The van der Waals surface area contributed by atoms with Crippen molar-refractivity contribution in [2.75, 3.05) is 24.6 Å². The average Bonchev–Trinajstić information content (AvgIpc) is 3.20. The Kier molecular flexibility index (Phi) is 5.68. The number of carbonyl (C=O) groups excluding carboxylic acids is 2. The summed E-state index contributed by atoms with van der Waals surface area (Å²) in [4.78, 5) is 30.0. The Hall–Kier alpha value is -3.09. The van der Waals surface area contributed by atoms with Gasteiger partial charge in [-0.2, -0.15) is 0 Å². The Labute approximate surface area is 152 Å². The summed E-state index contributed by atoms with van der Waals surface area (Å²) < 4.78 is 5.29. The molecule has 1 fully saturated rings. The smallest absolute Gasteiger partial charge is 0.255 e. The third-order valence-electron chi connectivity index (χ3n) is 4.19. The van der Waals surface area contributed by atoms with Crippen molar-refractivity contribution in [2.45, 2.75) is 19.4 Å². The van der Waals surface area contributed by atoms with E-state index in [0.29, 0.717) is 17.9 Å². The second-order valence-corrected chi connectivity index (χ2v) is 6.15. The fraction of sp³-hybridized carbons (Fsp3) is 0.316. The van der Waals surface area contributed by atoms with Gasteiger partial charge in [-0.25, -0.2) is 4.98 Å². The van der Waals surface area contributed by atoms with Crippen LogP contribution in [0, 0.1) is 0 Å². The van der Waals surface area contributed by atoms with Crippen LogP contribution in [0.25, 0.3) is 0 Å². The number of aromatic nitrogens is 1. The lowest BCUT2D eigenvalue weighted by atomic mass is 10.2. The summed E-state index contributed by atoms with van der Waals surface area (Å²) in [5.41, 5.74) is 6.35. The van der Waals surface area contributed by atoms with Gasteiger partial charge >= 0.3 is 0 Å². The van der Waals surface area contributed by atoms with Gasteiger partial charge in [-0.05, 0) is 36.6 Å². The molecule has 7 nitrogen and oxygen atoms in total. The van der Waals surface area contributed by atoms with Crippen molar-refractivity contribution in [3.05, 3.63) is 53.7 Å². The van der Waals surface area contributed by atoms with Crippen molar-refractivity contribution >= 4 is 17.6 Å². The van der Waals surface area contributed by atoms with Crippen molar-refractivity contribution in [1.29, 1.82) is 0 Å². The highest BCUT2D eigenvalue weighted by molar-refractivity contribution is 5.97. The predicted molar refractivity (Wildman–Crippen MR) is 98.0 cm³/mol. The summed E-state index contributed by atoms with van der Waals surface area (Å²) in [5, 5.41) is 2.84. The summed E-state index contributed by atoms with van der Waals surface area (Å²) >= 11 is 0. The van der Waals surface area contributed by atoms with E-state index in [0.717, 1.165) is 24.5 Å². The molecule has 1 saturated heterocycles. The van der Waals surface area contributed by atoms with E-state index >= 15 is 0 Å². The van der Waals surface area contributed by atoms with Crippen LogP contribution >= 0.6 is 0 Å². The number of benzene rings is 1. The zero-order valence-corrected chi connectivity index (χ0v) is 14.5. The third-order valence-corrected chi connectivity index (χ3v) is 4.19. The van der Waals surface area contributed by atoms with E-state index in [9.17, 15) is 9.59 Å². The summed E-state index contributed by atoms with van der Waals surface area (Å²) in [6.07, 6.45) is 4.19. The molecule has 7 heteroatoms. The molecule has 1 aromatic heterocycles. The molecule has 0 spiro atoms. The molecule has 2 heterocycles. The summed E-state index contributed by atoms with van der Waals surface area (Å²) in [7, 11) is 0. The lowest BCUT2D eigenvalue weighted by molar-refractivity contribution is -0.119. The van der Waals surface area contributed by atoms with Gasteiger partial charge in [-0.15, -0.1) is 0 Å². The topological polar surface area (TPSA) is 97.6 Å².